The molecule has 0 saturated carbocycles. The molecule has 0 aliphatic rings. The van der Waals surface area contributed by atoms with Gasteiger partial charge in [-0.15, -0.1) is 0 Å². The van der Waals surface area contributed by atoms with E-state index in [2.05, 4.69) is 22.0 Å². The van der Waals surface area contributed by atoms with Gasteiger partial charge >= 0.3 is 0 Å². The highest BCUT2D eigenvalue weighted by Crippen LogP contribution is 2.40. The van der Waals surface area contributed by atoms with E-state index in [1.165, 1.54) is 5.56 Å². The molecule has 0 fully saturated rings. The van der Waals surface area contributed by atoms with Gasteiger partial charge < -0.3 is 4.74 Å². The average molecular weight is 360 g/mol. The van der Waals surface area contributed by atoms with Crippen LogP contribution in [0, 0.1) is 6.92 Å². The first-order valence-electron chi connectivity index (χ1n) is 5.76. The topological polar surface area (TPSA) is 9.23 Å². The molecule has 4 heteroatoms. The molecule has 0 spiro atoms. The normalized spacial score (nSPS) is 12.3. The Morgan fingerprint density at radius 1 is 1.05 bits per heavy atom. The molecule has 0 aliphatic carbocycles. The second kappa shape index (κ2) is 6.17. The summed E-state index contributed by atoms with van der Waals surface area (Å²) >= 11 is 16.0. The van der Waals surface area contributed by atoms with Crippen LogP contribution in [0.2, 0.25) is 10.0 Å². The molecule has 2 rings (SSSR count). The van der Waals surface area contributed by atoms with Crippen molar-refractivity contribution in [1.82, 2.24) is 0 Å². The van der Waals surface area contributed by atoms with Crippen LogP contribution in [0.3, 0.4) is 0 Å². The zero-order valence-electron chi connectivity index (χ0n) is 10.6. The van der Waals surface area contributed by atoms with Crippen LogP contribution >= 0.6 is 39.1 Å². The van der Waals surface area contributed by atoms with E-state index in [0.29, 0.717) is 10.0 Å². The lowest BCUT2D eigenvalue weighted by molar-refractivity contribution is 0.410. The number of rotatable bonds is 3. The Morgan fingerprint density at radius 2 is 1.79 bits per heavy atom. The van der Waals surface area contributed by atoms with Crippen molar-refractivity contribution in [2.75, 3.05) is 7.11 Å². The number of benzene rings is 2. The third kappa shape index (κ3) is 3.25. The molecule has 0 heterocycles. The third-order valence-corrected chi connectivity index (χ3v) is 4.46. The van der Waals surface area contributed by atoms with Gasteiger partial charge in [0.1, 0.15) is 5.75 Å². The minimum absolute atomic E-state index is 0.0615. The Kier molecular flexibility index (Phi) is 4.77. The zero-order valence-corrected chi connectivity index (χ0v) is 13.7. The van der Waals surface area contributed by atoms with Gasteiger partial charge in [-0.3, -0.25) is 0 Å². The summed E-state index contributed by atoms with van der Waals surface area (Å²) in [5, 5.41) is 1.34. The first-order chi connectivity index (χ1) is 9.02. The van der Waals surface area contributed by atoms with Gasteiger partial charge in [-0.2, -0.15) is 0 Å². The number of hydrogen-bond donors (Lipinski definition) is 0. The van der Waals surface area contributed by atoms with Crippen LogP contribution in [0.4, 0.5) is 0 Å². The fraction of sp³-hybridized carbons (Fsp3) is 0.200. The smallest absolute Gasteiger partial charge is 0.123 e. The van der Waals surface area contributed by atoms with Gasteiger partial charge in [-0.25, -0.2) is 0 Å². The molecular weight excluding hydrogens is 347 g/mol. The van der Waals surface area contributed by atoms with Crippen molar-refractivity contribution < 1.29 is 4.74 Å². The summed E-state index contributed by atoms with van der Waals surface area (Å²) in [4.78, 5) is -0.0615. The molecule has 0 bridgehead atoms. The third-order valence-electron chi connectivity index (χ3n) is 2.89. The summed E-state index contributed by atoms with van der Waals surface area (Å²) < 4.78 is 5.41. The van der Waals surface area contributed by atoms with Crippen molar-refractivity contribution >= 4 is 39.1 Å². The molecule has 2 aromatic carbocycles. The van der Waals surface area contributed by atoms with Gasteiger partial charge in [-0.1, -0.05) is 56.8 Å². The highest BCUT2D eigenvalue weighted by atomic mass is 79.9. The number of methoxy groups -OCH3 is 1. The van der Waals surface area contributed by atoms with Gasteiger partial charge in [-0.05, 0) is 36.8 Å². The van der Waals surface area contributed by atoms with E-state index in [9.17, 15) is 0 Å². The van der Waals surface area contributed by atoms with Crippen molar-refractivity contribution in [3.05, 3.63) is 63.1 Å². The zero-order chi connectivity index (χ0) is 14.0. The number of ether oxygens (including phenoxy) is 1. The average Bonchev–Trinajstić information content (AvgIpc) is 2.40. The number of alkyl halides is 1. The maximum absolute atomic E-state index is 6.25. The molecule has 19 heavy (non-hydrogen) atoms. The lowest BCUT2D eigenvalue weighted by atomic mass is 10.0. The van der Waals surface area contributed by atoms with E-state index in [4.69, 9.17) is 27.9 Å². The second-order valence-corrected chi connectivity index (χ2v) is 6.03. The summed E-state index contributed by atoms with van der Waals surface area (Å²) in [6.07, 6.45) is 0. The van der Waals surface area contributed by atoms with Crippen LogP contribution in [0.15, 0.2) is 36.4 Å². The molecule has 1 atom stereocenters. The van der Waals surface area contributed by atoms with E-state index in [0.717, 1.165) is 16.9 Å². The Labute approximate surface area is 131 Å². The van der Waals surface area contributed by atoms with Gasteiger partial charge in [0.25, 0.3) is 0 Å². The number of aryl methyl sites for hydroxylation is 1. The van der Waals surface area contributed by atoms with Crippen molar-refractivity contribution in [2.24, 2.45) is 0 Å². The van der Waals surface area contributed by atoms with E-state index < -0.39 is 0 Å². The molecule has 2 aromatic rings. The van der Waals surface area contributed by atoms with Crippen LogP contribution in [0.5, 0.6) is 5.75 Å². The molecule has 0 radical (unpaired) electrons. The van der Waals surface area contributed by atoms with Crippen molar-refractivity contribution in [3.63, 3.8) is 0 Å². The first-order valence-corrected chi connectivity index (χ1v) is 7.43. The maximum Gasteiger partial charge on any atom is 0.123 e. The first kappa shape index (κ1) is 14.7. The van der Waals surface area contributed by atoms with E-state index >= 15 is 0 Å². The highest BCUT2D eigenvalue weighted by Gasteiger charge is 2.18. The Hall–Kier alpha value is -0.700. The highest BCUT2D eigenvalue weighted by molar-refractivity contribution is 9.09. The molecule has 0 amide bonds. The van der Waals surface area contributed by atoms with Gasteiger partial charge in [0.05, 0.1) is 11.9 Å². The Bertz CT molecular complexity index is 599. The molecule has 0 saturated heterocycles. The molecule has 0 aromatic heterocycles. The molecule has 100 valence electrons. The molecular formula is C15H13BrCl2O. The fourth-order valence-electron chi connectivity index (χ4n) is 1.93. The predicted molar refractivity (Wildman–Crippen MR) is 85.0 cm³/mol. The molecule has 0 N–H and O–H groups in total. The van der Waals surface area contributed by atoms with Crippen LogP contribution < -0.4 is 4.74 Å². The maximum atomic E-state index is 6.25. The summed E-state index contributed by atoms with van der Waals surface area (Å²) in [7, 11) is 1.66. The van der Waals surface area contributed by atoms with E-state index in [1.807, 2.05) is 25.1 Å². The van der Waals surface area contributed by atoms with Crippen molar-refractivity contribution in [3.8, 4) is 5.75 Å². The standard InChI is InChI=1S/C15H13BrCl2O/c1-9-3-6-14(19-2)12(7-9)15(16)11-8-10(17)4-5-13(11)18/h3-8,15H,1-2H3. The SMILES string of the molecule is COc1ccc(C)cc1C(Br)c1cc(Cl)ccc1Cl. The monoisotopic (exact) mass is 358 g/mol. The lowest BCUT2D eigenvalue weighted by Crippen LogP contribution is -1.98. The van der Waals surface area contributed by atoms with E-state index in [1.54, 1.807) is 19.2 Å². The van der Waals surface area contributed by atoms with Crippen LogP contribution in [0.1, 0.15) is 21.5 Å². The number of halogens is 3. The Balaban J connectivity index is 2.51. The minimum Gasteiger partial charge on any atom is -0.496 e. The Morgan fingerprint density at radius 3 is 2.47 bits per heavy atom. The molecule has 1 unspecified atom stereocenters. The minimum atomic E-state index is -0.0615. The van der Waals surface area contributed by atoms with Crippen LogP contribution in [-0.2, 0) is 0 Å². The van der Waals surface area contributed by atoms with Crippen molar-refractivity contribution in [1.29, 1.82) is 0 Å². The fourth-order valence-corrected chi connectivity index (χ4v) is 3.20. The largest absolute Gasteiger partial charge is 0.496 e. The number of hydrogen-bond acceptors (Lipinski definition) is 1. The summed E-state index contributed by atoms with van der Waals surface area (Å²) in [5.74, 6) is 0.823. The molecule has 1 nitrogen and oxygen atoms in total. The second-order valence-electron chi connectivity index (χ2n) is 4.27. The van der Waals surface area contributed by atoms with Gasteiger partial charge in [0.15, 0.2) is 0 Å². The van der Waals surface area contributed by atoms with Crippen LogP contribution in [-0.4, -0.2) is 7.11 Å². The van der Waals surface area contributed by atoms with Crippen LogP contribution in [0.25, 0.3) is 0 Å². The quantitative estimate of drug-likeness (QED) is 0.629. The van der Waals surface area contributed by atoms with E-state index in [-0.39, 0.29) is 4.83 Å². The van der Waals surface area contributed by atoms with Gasteiger partial charge in [0, 0.05) is 15.6 Å². The predicted octanol–water partition coefficient (Wildman–Crippen LogP) is 5.79. The summed E-state index contributed by atoms with van der Waals surface area (Å²) in [6, 6.07) is 11.5. The van der Waals surface area contributed by atoms with Gasteiger partial charge in [0.2, 0.25) is 0 Å². The van der Waals surface area contributed by atoms with Crippen molar-refractivity contribution in [2.45, 2.75) is 11.8 Å². The lowest BCUT2D eigenvalue weighted by Gasteiger charge is -2.17. The summed E-state index contributed by atoms with van der Waals surface area (Å²) in [6.45, 7) is 2.04. The summed E-state index contributed by atoms with van der Waals surface area (Å²) in [5.41, 5.74) is 3.13. The molecule has 0 aliphatic heterocycles.